The van der Waals surface area contributed by atoms with Gasteiger partial charge in [0.25, 0.3) is 0 Å². The second-order valence-electron chi connectivity index (χ2n) is 5.15. The van der Waals surface area contributed by atoms with Crippen molar-refractivity contribution >= 4 is 5.91 Å². The monoisotopic (exact) mass is 275 g/mol. The molecule has 4 nitrogen and oxygen atoms in total. The van der Waals surface area contributed by atoms with Gasteiger partial charge in [0.1, 0.15) is 5.82 Å². The molecule has 7 heteroatoms. The fraction of sp³-hybridized carbons (Fsp3) is 0.667. The number of nitrogens with zero attached hydrogens (tertiary/aromatic N) is 3. The molecule has 1 aromatic rings. The molecule has 0 fully saturated rings. The maximum atomic E-state index is 12.5. The van der Waals surface area contributed by atoms with E-state index < -0.39 is 11.9 Å². The van der Waals surface area contributed by atoms with Crippen LogP contribution in [0.5, 0.6) is 0 Å². The Kier molecular flexibility index (Phi) is 3.56. The van der Waals surface area contributed by atoms with Crippen LogP contribution in [0.15, 0.2) is 6.20 Å². The molecule has 106 valence electrons. The molecule has 0 aromatic carbocycles. The average Bonchev–Trinajstić information content (AvgIpc) is 2.69. The van der Waals surface area contributed by atoms with Gasteiger partial charge in [-0.25, -0.2) is 4.98 Å². The van der Waals surface area contributed by atoms with Crippen LogP contribution in [0, 0.1) is 5.92 Å². The number of carbonyl (C=O) groups is 1. The summed E-state index contributed by atoms with van der Waals surface area (Å²) in [5.74, 6) is 0.508. The van der Waals surface area contributed by atoms with E-state index in [1.807, 2.05) is 13.8 Å². The van der Waals surface area contributed by atoms with E-state index >= 15 is 0 Å². The maximum absolute atomic E-state index is 12.5. The fourth-order valence-electron chi connectivity index (χ4n) is 2.08. The Balaban J connectivity index is 2.12. The van der Waals surface area contributed by atoms with Gasteiger partial charge in [-0.15, -0.1) is 0 Å². The summed E-state index contributed by atoms with van der Waals surface area (Å²) < 4.78 is 39.1. The van der Waals surface area contributed by atoms with Crippen molar-refractivity contribution in [2.24, 2.45) is 5.92 Å². The number of amides is 1. The molecule has 1 amide bonds. The van der Waals surface area contributed by atoms with E-state index in [2.05, 4.69) is 4.98 Å². The molecular weight excluding hydrogens is 259 g/mol. The summed E-state index contributed by atoms with van der Waals surface area (Å²) in [6.07, 6.45) is -3.01. The highest BCUT2D eigenvalue weighted by molar-refractivity contribution is 5.76. The Bertz CT molecular complexity index is 479. The van der Waals surface area contributed by atoms with Gasteiger partial charge in [-0.2, -0.15) is 13.2 Å². The van der Waals surface area contributed by atoms with Gasteiger partial charge in [-0.1, -0.05) is 13.8 Å². The van der Waals surface area contributed by atoms with E-state index in [1.165, 1.54) is 4.57 Å². The normalized spacial score (nSPS) is 15.8. The summed E-state index contributed by atoms with van der Waals surface area (Å²) in [5.41, 5.74) is -0.888. The number of alkyl halides is 3. The van der Waals surface area contributed by atoms with Crippen molar-refractivity contribution in [3.05, 3.63) is 17.7 Å². The minimum absolute atomic E-state index is 0.0298. The van der Waals surface area contributed by atoms with Crippen LogP contribution in [0.25, 0.3) is 0 Å². The molecular formula is C12H16F3N3O. The van der Waals surface area contributed by atoms with E-state index in [9.17, 15) is 18.0 Å². The molecule has 0 saturated heterocycles. The Morgan fingerprint density at radius 2 is 2.11 bits per heavy atom. The van der Waals surface area contributed by atoms with Gasteiger partial charge >= 0.3 is 6.18 Å². The Morgan fingerprint density at radius 3 is 2.68 bits per heavy atom. The standard InChI is InChI=1S/C12H16F3N3O/c1-8(2)5-11(19)18-4-3-17-6-9(12(13,14)15)16-10(17)7-18/h6,8H,3-5,7H2,1-2H3. The van der Waals surface area contributed by atoms with E-state index in [4.69, 9.17) is 0 Å². The van der Waals surface area contributed by atoms with Crippen LogP contribution in [0.4, 0.5) is 13.2 Å². The molecule has 0 aliphatic carbocycles. The fourth-order valence-corrected chi connectivity index (χ4v) is 2.08. The zero-order valence-corrected chi connectivity index (χ0v) is 10.9. The SMILES string of the molecule is CC(C)CC(=O)N1CCn2cc(C(F)(F)F)nc2C1. The molecule has 2 heterocycles. The minimum atomic E-state index is -4.43. The zero-order valence-electron chi connectivity index (χ0n) is 10.9. The molecule has 0 radical (unpaired) electrons. The topological polar surface area (TPSA) is 38.1 Å². The lowest BCUT2D eigenvalue weighted by atomic mass is 10.1. The second kappa shape index (κ2) is 4.86. The Hall–Kier alpha value is -1.53. The molecule has 1 aromatic heterocycles. The molecule has 0 unspecified atom stereocenters. The molecule has 0 saturated carbocycles. The maximum Gasteiger partial charge on any atom is 0.434 e. The first kappa shape index (κ1) is 13.9. The quantitative estimate of drug-likeness (QED) is 0.830. The van der Waals surface area contributed by atoms with E-state index in [0.29, 0.717) is 25.3 Å². The Morgan fingerprint density at radius 1 is 1.42 bits per heavy atom. The number of hydrogen-bond donors (Lipinski definition) is 0. The van der Waals surface area contributed by atoms with Crippen LogP contribution in [-0.2, 0) is 24.1 Å². The van der Waals surface area contributed by atoms with Gasteiger partial charge < -0.3 is 9.47 Å². The number of aromatic nitrogens is 2. The smallest absolute Gasteiger partial charge is 0.333 e. The van der Waals surface area contributed by atoms with Gasteiger partial charge in [-0.3, -0.25) is 4.79 Å². The number of rotatable bonds is 2. The summed E-state index contributed by atoms with van der Waals surface area (Å²) in [6, 6.07) is 0. The van der Waals surface area contributed by atoms with Crippen molar-refractivity contribution in [3.63, 3.8) is 0 Å². The lowest BCUT2D eigenvalue weighted by Crippen LogP contribution is -2.38. The summed E-state index contributed by atoms with van der Waals surface area (Å²) in [7, 11) is 0. The second-order valence-corrected chi connectivity index (χ2v) is 5.15. The van der Waals surface area contributed by atoms with Gasteiger partial charge in [0.15, 0.2) is 5.69 Å². The van der Waals surface area contributed by atoms with Crippen LogP contribution in [-0.4, -0.2) is 26.9 Å². The minimum Gasteiger partial charge on any atom is -0.333 e. The summed E-state index contributed by atoms with van der Waals surface area (Å²) in [4.78, 5) is 17.0. The van der Waals surface area contributed by atoms with E-state index in [0.717, 1.165) is 6.20 Å². The molecule has 1 aliphatic rings. The molecule has 0 atom stereocenters. The third-order valence-corrected chi connectivity index (χ3v) is 3.03. The van der Waals surface area contributed by atoms with Crippen molar-refractivity contribution in [2.45, 2.75) is 39.5 Å². The third kappa shape index (κ3) is 3.08. The first-order valence-corrected chi connectivity index (χ1v) is 6.18. The third-order valence-electron chi connectivity index (χ3n) is 3.03. The highest BCUT2D eigenvalue weighted by atomic mass is 19.4. The van der Waals surface area contributed by atoms with Gasteiger partial charge in [0, 0.05) is 25.7 Å². The highest BCUT2D eigenvalue weighted by Crippen LogP contribution is 2.29. The molecule has 0 N–H and O–H groups in total. The van der Waals surface area contributed by atoms with Crippen LogP contribution in [0.2, 0.25) is 0 Å². The van der Waals surface area contributed by atoms with Crippen LogP contribution >= 0.6 is 0 Å². The lowest BCUT2D eigenvalue weighted by molar-refractivity contribution is -0.141. The van der Waals surface area contributed by atoms with E-state index in [-0.39, 0.29) is 18.4 Å². The zero-order chi connectivity index (χ0) is 14.2. The molecule has 2 rings (SSSR count). The largest absolute Gasteiger partial charge is 0.434 e. The van der Waals surface area contributed by atoms with Crippen molar-refractivity contribution in [3.8, 4) is 0 Å². The highest BCUT2D eigenvalue weighted by Gasteiger charge is 2.36. The van der Waals surface area contributed by atoms with Gasteiger partial charge in [-0.05, 0) is 5.92 Å². The number of imidazole rings is 1. The number of halogens is 3. The van der Waals surface area contributed by atoms with Gasteiger partial charge in [0.05, 0.1) is 6.54 Å². The van der Waals surface area contributed by atoms with Crippen LogP contribution < -0.4 is 0 Å². The lowest BCUT2D eigenvalue weighted by Gasteiger charge is -2.28. The van der Waals surface area contributed by atoms with Gasteiger partial charge in [0.2, 0.25) is 5.91 Å². The van der Waals surface area contributed by atoms with Crippen molar-refractivity contribution < 1.29 is 18.0 Å². The van der Waals surface area contributed by atoms with Crippen LogP contribution in [0.1, 0.15) is 31.8 Å². The number of fused-ring (bicyclic) bond motifs is 1. The van der Waals surface area contributed by atoms with E-state index in [1.54, 1.807) is 4.90 Å². The predicted molar refractivity (Wildman–Crippen MR) is 62.1 cm³/mol. The predicted octanol–water partition coefficient (Wildman–Crippen LogP) is 2.29. The number of carbonyl (C=O) groups excluding carboxylic acids is 1. The summed E-state index contributed by atoms with van der Waals surface area (Å²) >= 11 is 0. The Labute approximate surface area is 109 Å². The summed E-state index contributed by atoms with van der Waals surface area (Å²) in [5, 5.41) is 0. The molecule has 19 heavy (non-hydrogen) atoms. The van der Waals surface area contributed by atoms with Crippen LogP contribution in [0.3, 0.4) is 0 Å². The average molecular weight is 275 g/mol. The molecule has 0 bridgehead atoms. The first-order chi connectivity index (χ1) is 8.77. The molecule has 1 aliphatic heterocycles. The summed E-state index contributed by atoms with van der Waals surface area (Å²) in [6.45, 7) is 4.82. The number of hydrogen-bond acceptors (Lipinski definition) is 2. The van der Waals surface area contributed by atoms with Crippen molar-refractivity contribution in [1.82, 2.24) is 14.5 Å². The molecule has 0 spiro atoms. The first-order valence-electron chi connectivity index (χ1n) is 6.18. The van der Waals surface area contributed by atoms with Crippen molar-refractivity contribution in [2.75, 3.05) is 6.54 Å². The van der Waals surface area contributed by atoms with Crippen molar-refractivity contribution in [1.29, 1.82) is 0 Å².